The van der Waals surface area contributed by atoms with Crippen LogP contribution in [0.1, 0.15) is 12.8 Å². The largest absolute Gasteiger partial charge is 0.394 e. The molecule has 0 amide bonds. The Morgan fingerprint density at radius 2 is 2.29 bits per heavy atom. The first-order valence-corrected chi connectivity index (χ1v) is 5.74. The van der Waals surface area contributed by atoms with Gasteiger partial charge in [0, 0.05) is 38.7 Å². The number of nitrogen functional groups attached to an aromatic ring is 1. The summed E-state index contributed by atoms with van der Waals surface area (Å²) in [5.41, 5.74) is 6.47. The number of unbranched alkanes of at least 4 members (excludes halogenated alkanes) is 1. The van der Waals surface area contributed by atoms with Gasteiger partial charge in [0.15, 0.2) is 5.82 Å². The Morgan fingerprint density at radius 1 is 1.41 bits per heavy atom. The third-order valence-corrected chi connectivity index (χ3v) is 2.55. The Labute approximate surface area is 100 Å². The smallest absolute Gasteiger partial charge is 0.171 e. The van der Waals surface area contributed by atoms with Gasteiger partial charge < -0.3 is 15.6 Å². The molecule has 6 nitrogen and oxygen atoms in total. The Morgan fingerprint density at radius 3 is 2.94 bits per heavy atom. The van der Waals surface area contributed by atoms with Crippen LogP contribution in [-0.2, 0) is 13.6 Å². The van der Waals surface area contributed by atoms with Gasteiger partial charge in [-0.3, -0.25) is 4.68 Å². The number of nitrogens with one attached hydrogen (secondary N) is 1. The molecule has 92 valence electrons. The quantitative estimate of drug-likeness (QED) is 0.734. The Hall–Kier alpha value is -1.98. The van der Waals surface area contributed by atoms with Gasteiger partial charge in [0.1, 0.15) is 0 Å². The highest BCUT2D eigenvalue weighted by Crippen LogP contribution is 2.13. The molecule has 0 radical (unpaired) electrons. The van der Waals surface area contributed by atoms with Crippen molar-refractivity contribution in [3.05, 3.63) is 24.9 Å². The third kappa shape index (κ3) is 3.24. The summed E-state index contributed by atoms with van der Waals surface area (Å²) in [4.78, 5) is 4.00. The second-order valence-corrected chi connectivity index (χ2v) is 4.04. The zero-order valence-corrected chi connectivity index (χ0v) is 10.0. The second-order valence-electron chi connectivity index (χ2n) is 4.04. The zero-order valence-electron chi connectivity index (χ0n) is 10.0. The maximum absolute atomic E-state index is 5.78. The minimum absolute atomic E-state index is 0.696. The maximum atomic E-state index is 5.78. The average molecular weight is 234 g/mol. The van der Waals surface area contributed by atoms with Crippen LogP contribution in [0.3, 0.4) is 0 Å². The zero-order chi connectivity index (χ0) is 12.1. The van der Waals surface area contributed by atoms with Crippen molar-refractivity contribution in [2.24, 2.45) is 7.05 Å². The van der Waals surface area contributed by atoms with Gasteiger partial charge in [-0.15, -0.1) is 0 Å². The summed E-state index contributed by atoms with van der Waals surface area (Å²) in [5.74, 6) is 0.773. The molecule has 0 fully saturated rings. The summed E-state index contributed by atoms with van der Waals surface area (Å²) in [6.45, 7) is 1.88. The molecule has 6 heteroatoms. The van der Waals surface area contributed by atoms with E-state index in [0.29, 0.717) is 5.69 Å². The van der Waals surface area contributed by atoms with Gasteiger partial charge in [-0.1, -0.05) is 0 Å². The SMILES string of the molecule is Cn1cc(N)c(NCCCCn2ccnc2)n1. The fraction of sp³-hybridized carbons (Fsp3) is 0.455. The lowest BCUT2D eigenvalue weighted by Gasteiger charge is -2.04. The number of hydrogen-bond donors (Lipinski definition) is 2. The molecule has 0 bridgehead atoms. The number of anilines is 2. The van der Waals surface area contributed by atoms with Crippen LogP contribution in [0.5, 0.6) is 0 Å². The summed E-state index contributed by atoms with van der Waals surface area (Å²) >= 11 is 0. The Balaban J connectivity index is 1.65. The van der Waals surface area contributed by atoms with Crippen LogP contribution in [0.25, 0.3) is 0 Å². The van der Waals surface area contributed by atoms with Crippen LogP contribution in [0.4, 0.5) is 11.5 Å². The lowest BCUT2D eigenvalue weighted by atomic mass is 10.3. The highest BCUT2D eigenvalue weighted by atomic mass is 15.3. The van der Waals surface area contributed by atoms with E-state index in [-0.39, 0.29) is 0 Å². The fourth-order valence-electron chi connectivity index (χ4n) is 1.69. The molecule has 0 unspecified atom stereocenters. The topological polar surface area (TPSA) is 73.7 Å². The van der Waals surface area contributed by atoms with Gasteiger partial charge >= 0.3 is 0 Å². The normalized spacial score (nSPS) is 10.6. The van der Waals surface area contributed by atoms with Crippen LogP contribution >= 0.6 is 0 Å². The van der Waals surface area contributed by atoms with Crippen LogP contribution in [0.15, 0.2) is 24.9 Å². The van der Waals surface area contributed by atoms with E-state index < -0.39 is 0 Å². The van der Waals surface area contributed by atoms with E-state index in [1.165, 1.54) is 0 Å². The second kappa shape index (κ2) is 5.38. The monoisotopic (exact) mass is 234 g/mol. The average Bonchev–Trinajstić information content (AvgIpc) is 2.89. The highest BCUT2D eigenvalue weighted by molar-refractivity contribution is 5.59. The fourth-order valence-corrected chi connectivity index (χ4v) is 1.69. The van der Waals surface area contributed by atoms with Crippen molar-refractivity contribution < 1.29 is 0 Å². The summed E-state index contributed by atoms with van der Waals surface area (Å²) in [5, 5.41) is 7.46. The van der Waals surface area contributed by atoms with E-state index in [0.717, 1.165) is 31.7 Å². The van der Waals surface area contributed by atoms with E-state index >= 15 is 0 Å². The van der Waals surface area contributed by atoms with Crippen LogP contribution < -0.4 is 11.1 Å². The molecule has 2 aromatic rings. The van der Waals surface area contributed by atoms with Gasteiger partial charge in [-0.05, 0) is 12.8 Å². The van der Waals surface area contributed by atoms with Crippen LogP contribution in [-0.4, -0.2) is 25.9 Å². The van der Waals surface area contributed by atoms with E-state index in [1.807, 2.05) is 19.6 Å². The van der Waals surface area contributed by atoms with Crippen molar-refractivity contribution in [3.63, 3.8) is 0 Å². The number of aryl methyl sites for hydroxylation is 2. The standard InChI is InChI=1S/C11H18N6/c1-16-8-10(12)11(15-16)14-4-2-3-6-17-7-5-13-9-17/h5,7-9H,2-4,6,12H2,1H3,(H,14,15). The number of rotatable bonds is 6. The molecule has 0 aliphatic rings. The van der Waals surface area contributed by atoms with Crippen molar-refractivity contribution >= 4 is 11.5 Å². The summed E-state index contributed by atoms with van der Waals surface area (Å²) < 4.78 is 3.79. The summed E-state index contributed by atoms with van der Waals surface area (Å²) in [7, 11) is 1.86. The van der Waals surface area contributed by atoms with E-state index in [9.17, 15) is 0 Å². The predicted molar refractivity (Wildman–Crippen MR) is 67.6 cm³/mol. The van der Waals surface area contributed by atoms with Crippen LogP contribution in [0.2, 0.25) is 0 Å². The number of aromatic nitrogens is 4. The van der Waals surface area contributed by atoms with E-state index in [2.05, 4.69) is 20.0 Å². The molecule has 0 atom stereocenters. The molecule has 2 rings (SSSR count). The molecule has 17 heavy (non-hydrogen) atoms. The number of nitrogens with two attached hydrogens (primary N) is 1. The minimum Gasteiger partial charge on any atom is -0.394 e. The van der Waals surface area contributed by atoms with Gasteiger partial charge in [-0.25, -0.2) is 4.98 Å². The number of nitrogens with zero attached hydrogens (tertiary/aromatic N) is 4. The van der Waals surface area contributed by atoms with Gasteiger partial charge in [-0.2, -0.15) is 5.10 Å². The van der Waals surface area contributed by atoms with Crippen molar-refractivity contribution in [1.82, 2.24) is 19.3 Å². The van der Waals surface area contributed by atoms with E-state index in [4.69, 9.17) is 5.73 Å². The Bertz CT molecular complexity index is 444. The molecule has 0 aromatic carbocycles. The molecule has 0 saturated heterocycles. The summed E-state index contributed by atoms with van der Waals surface area (Å²) in [6, 6.07) is 0. The number of imidazole rings is 1. The van der Waals surface area contributed by atoms with Crippen molar-refractivity contribution in [2.45, 2.75) is 19.4 Å². The number of hydrogen-bond acceptors (Lipinski definition) is 4. The Kier molecular flexibility index (Phi) is 3.64. The first-order valence-electron chi connectivity index (χ1n) is 5.74. The summed E-state index contributed by atoms with van der Waals surface area (Å²) in [6.07, 6.45) is 9.60. The van der Waals surface area contributed by atoms with E-state index in [1.54, 1.807) is 17.1 Å². The first-order chi connectivity index (χ1) is 8.25. The van der Waals surface area contributed by atoms with Crippen LogP contribution in [0, 0.1) is 0 Å². The molecule has 0 aliphatic heterocycles. The molecular weight excluding hydrogens is 216 g/mol. The molecule has 2 heterocycles. The van der Waals surface area contributed by atoms with Crippen molar-refractivity contribution in [1.29, 1.82) is 0 Å². The van der Waals surface area contributed by atoms with Crippen molar-refractivity contribution in [2.75, 3.05) is 17.6 Å². The molecule has 3 N–H and O–H groups in total. The molecule has 0 spiro atoms. The van der Waals surface area contributed by atoms with Gasteiger partial charge in [0.2, 0.25) is 0 Å². The molecule has 0 saturated carbocycles. The van der Waals surface area contributed by atoms with Gasteiger partial charge in [0.25, 0.3) is 0 Å². The predicted octanol–water partition coefficient (Wildman–Crippen LogP) is 1.09. The third-order valence-electron chi connectivity index (χ3n) is 2.55. The molecule has 0 aliphatic carbocycles. The minimum atomic E-state index is 0.696. The first kappa shape index (κ1) is 11.5. The lowest BCUT2D eigenvalue weighted by Crippen LogP contribution is -2.05. The molecule has 2 aromatic heterocycles. The maximum Gasteiger partial charge on any atom is 0.171 e. The lowest BCUT2D eigenvalue weighted by molar-refractivity contribution is 0.620. The molecular formula is C11H18N6. The van der Waals surface area contributed by atoms with Crippen molar-refractivity contribution in [3.8, 4) is 0 Å². The highest BCUT2D eigenvalue weighted by Gasteiger charge is 2.02. The van der Waals surface area contributed by atoms with Gasteiger partial charge in [0.05, 0.1) is 12.0 Å².